The van der Waals surface area contributed by atoms with Crippen molar-refractivity contribution in [2.24, 2.45) is 11.3 Å². The third kappa shape index (κ3) is 3.92. The number of rotatable bonds is 4. The van der Waals surface area contributed by atoms with Gasteiger partial charge in [0.05, 0.1) is 0 Å². The van der Waals surface area contributed by atoms with Crippen molar-refractivity contribution < 1.29 is 0 Å². The Morgan fingerprint density at radius 1 is 1.25 bits per heavy atom. The molecule has 0 aliphatic heterocycles. The number of hydrogen-bond donors (Lipinski definition) is 1. The van der Waals surface area contributed by atoms with E-state index in [0.29, 0.717) is 11.5 Å². The minimum Gasteiger partial charge on any atom is -0.381 e. The maximum Gasteiger partial charge on any atom is 0.0487 e. The van der Waals surface area contributed by atoms with Crippen LogP contribution in [0, 0.1) is 11.3 Å². The van der Waals surface area contributed by atoms with E-state index >= 15 is 0 Å². The molecule has 1 aromatic carbocycles. The molecular weight excluding hydrogens is 334 g/mol. The van der Waals surface area contributed by atoms with E-state index in [-0.39, 0.29) is 0 Å². The molecule has 0 heterocycles. The van der Waals surface area contributed by atoms with Crippen molar-refractivity contribution in [3.05, 3.63) is 27.7 Å². The predicted octanol–water partition coefficient (Wildman–Crippen LogP) is 6.51. The molecule has 0 amide bonds. The molecule has 1 aromatic rings. The van der Waals surface area contributed by atoms with Gasteiger partial charge in [-0.25, -0.2) is 0 Å². The highest BCUT2D eigenvalue weighted by Gasteiger charge is 2.31. The summed E-state index contributed by atoms with van der Waals surface area (Å²) < 4.78 is 1.06. The zero-order valence-corrected chi connectivity index (χ0v) is 15.0. The fourth-order valence-electron chi connectivity index (χ4n) is 3.13. The lowest BCUT2D eigenvalue weighted by molar-refractivity contribution is 0.147. The second-order valence-corrected chi connectivity index (χ2v) is 7.95. The lowest BCUT2D eigenvalue weighted by atomic mass is 9.69. The highest BCUT2D eigenvalue weighted by molar-refractivity contribution is 9.10. The smallest absolute Gasteiger partial charge is 0.0487 e. The summed E-state index contributed by atoms with van der Waals surface area (Å²) >= 11 is 9.57. The first kappa shape index (κ1) is 16.2. The van der Waals surface area contributed by atoms with Gasteiger partial charge in [0.1, 0.15) is 0 Å². The SMILES string of the molecule is CCC(C)(C)C1CCC(Nc2ccc(Cl)cc2Br)CC1. The average molecular weight is 359 g/mol. The topological polar surface area (TPSA) is 12.0 Å². The normalized spacial score (nSPS) is 23.6. The summed E-state index contributed by atoms with van der Waals surface area (Å²) in [5.41, 5.74) is 1.65. The Bertz CT molecular complexity index is 450. The van der Waals surface area contributed by atoms with E-state index in [9.17, 15) is 0 Å². The molecule has 1 saturated carbocycles. The molecule has 0 atom stereocenters. The molecule has 20 heavy (non-hydrogen) atoms. The first-order valence-electron chi connectivity index (χ1n) is 7.64. The van der Waals surface area contributed by atoms with Crippen LogP contribution in [0.4, 0.5) is 5.69 Å². The largest absolute Gasteiger partial charge is 0.381 e. The summed E-state index contributed by atoms with van der Waals surface area (Å²) in [5.74, 6) is 0.874. The second kappa shape index (κ2) is 6.70. The van der Waals surface area contributed by atoms with Gasteiger partial charge in [0.15, 0.2) is 0 Å². The Hall–Kier alpha value is -0.210. The minimum atomic E-state index is 0.492. The maximum atomic E-state index is 5.99. The fourth-order valence-corrected chi connectivity index (χ4v) is 3.93. The van der Waals surface area contributed by atoms with Crippen LogP contribution in [0.25, 0.3) is 0 Å². The van der Waals surface area contributed by atoms with Crippen LogP contribution < -0.4 is 5.32 Å². The van der Waals surface area contributed by atoms with Gasteiger partial charge in [0.25, 0.3) is 0 Å². The quantitative estimate of drug-likeness (QED) is 0.647. The van der Waals surface area contributed by atoms with Crippen molar-refractivity contribution in [1.82, 2.24) is 0 Å². The third-order valence-corrected chi connectivity index (χ3v) is 5.93. The van der Waals surface area contributed by atoms with Gasteiger partial charge in [-0.15, -0.1) is 0 Å². The summed E-state index contributed by atoms with van der Waals surface area (Å²) in [5, 5.41) is 4.43. The Kier molecular flexibility index (Phi) is 5.42. The Morgan fingerprint density at radius 2 is 1.90 bits per heavy atom. The fraction of sp³-hybridized carbons (Fsp3) is 0.647. The number of anilines is 1. The van der Waals surface area contributed by atoms with E-state index in [1.54, 1.807) is 0 Å². The lowest BCUT2D eigenvalue weighted by Crippen LogP contribution is -2.32. The van der Waals surface area contributed by atoms with Gasteiger partial charge in [0.2, 0.25) is 0 Å². The van der Waals surface area contributed by atoms with Crippen LogP contribution in [-0.2, 0) is 0 Å². The summed E-state index contributed by atoms with van der Waals surface area (Å²) in [4.78, 5) is 0. The van der Waals surface area contributed by atoms with Gasteiger partial charge in [-0.05, 0) is 71.1 Å². The van der Waals surface area contributed by atoms with E-state index < -0.39 is 0 Å². The average Bonchev–Trinajstić information content (AvgIpc) is 2.42. The molecule has 0 unspecified atom stereocenters. The predicted molar refractivity (Wildman–Crippen MR) is 92.6 cm³/mol. The third-order valence-electron chi connectivity index (χ3n) is 5.03. The van der Waals surface area contributed by atoms with Gasteiger partial charge < -0.3 is 5.32 Å². The number of hydrogen-bond acceptors (Lipinski definition) is 1. The van der Waals surface area contributed by atoms with Crippen molar-refractivity contribution in [2.75, 3.05) is 5.32 Å². The van der Waals surface area contributed by atoms with Crippen LogP contribution in [0.3, 0.4) is 0 Å². The zero-order valence-electron chi connectivity index (χ0n) is 12.7. The standard InChI is InChI=1S/C17H25BrClN/c1-4-17(2,3)12-5-8-14(9-6-12)20-16-10-7-13(19)11-15(16)18/h7,10-12,14,20H,4-6,8-9H2,1-3H3. The van der Waals surface area contributed by atoms with Gasteiger partial charge in [-0.2, -0.15) is 0 Å². The van der Waals surface area contributed by atoms with Crippen LogP contribution >= 0.6 is 27.5 Å². The molecule has 112 valence electrons. The molecule has 1 aliphatic rings. The van der Waals surface area contributed by atoms with Crippen LogP contribution in [0.5, 0.6) is 0 Å². The zero-order chi connectivity index (χ0) is 14.8. The van der Waals surface area contributed by atoms with Crippen LogP contribution in [-0.4, -0.2) is 6.04 Å². The minimum absolute atomic E-state index is 0.492. The van der Waals surface area contributed by atoms with Crippen molar-refractivity contribution in [2.45, 2.75) is 58.9 Å². The molecule has 1 N–H and O–H groups in total. The Morgan fingerprint density at radius 3 is 2.45 bits per heavy atom. The highest BCUT2D eigenvalue weighted by Crippen LogP contribution is 2.41. The summed E-state index contributed by atoms with van der Waals surface area (Å²) in [6.07, 6.45) is 6.48. The second-order valence-electron chi connectivity index (χ2n) is 6.66. The molecule has 0 spiro atoms. The van der Waals surface area contributed by atoms with Gasteiger partial charge in [-0.1, -0.05) is 38.8 Å². The Labute approximate surface area is 136 Å². The molecule has 2 rings (SSSR count). The molecule has 0 saturated heterocycles. The van der Waals surface area contributed by atoms with Crippen molar-refractivity contribution in [3.8, 4) is 0 Å². The molecular formula is C17H25BrClN. The van der Waals surface area contributed by atoms with Crippen molar-refractivity contribution >= 4 is 33.2 Å². The number of halogens is 2. The van der Waals surface area contributed by atoms with E-state index in [4.69, 9.17) is 11.6 Å². The highest BCUT2D eigenvalue weighted by atomic mass is 79.9. The summed E-state index contributed by atoms with van der Waals surface area (Å²) in [6, 6.07) is 6.56. The van der Waals surface area contributed by atoms with Gasteiger partial charge in [0, 0.05) is 21.2 Å². The molecule has 1 nitrogen and oxygen atoms in total. The molecule has 0 radical (unpaired) electrons. The van der Waals surface area contributed by atoms with Crippen LogP contribution in [0.15, 0.2) is 22.7 Å². The number of nitrogens with one attached hydrogen (secondary N) is 1. The molecule has 1 fully saturated rings. The van der Waals surface area contributed by atoms with Crippen LogP contribution in [0.1, 0.15) is 52.9 Å². The summed E-state index contributed by atoms with van der Waals surface area (Å²) in [7, 11) is 0. The molecule has 3 heteroatoms. The molecule has 1 aliphatic carbocycles. The monoisotopic (exact) mass is 357 g/mol. The van der Waals surface area contributed by atoms with Gasteiger partial charge in [-0.3, -0.25) is 0 Å². The van der Waals surface area contributed by atoms with E-state index in [1.807, 2.05) is 12.1 Å². The van der Waals surface area contributed by atoms with Crippen molar-refractivity contribution in [3.63, 3.8) is 0 Å². The van der Waals surface area contributed by atoms with E-state index in [2.05, 4.69) is 48.1 Å². The lowest BCUT2D eigenvalue weighted by Gasteiger charge is -2.39. The maximum absolute atomic E-state index is 5.99. The van der Waals surface area contributed by atoms with Crippen molar-refractivity contribution in [1.29, 1.82) is 0 Å². The molecule has 0 bridgehead atoms. The van der Waals surface area contributed by atoms with E-state index in [1.165, 1.54) is 32.1 Å². The van der Waals surface area contributed by atoms with E-state index in [0.717, 1.165) is 21.1 Å². The molecule has 0 aromatic heterocycles. The number of benzene rings is 1. The first-order valence-corrected chi connectivity index (χ1v) is 8.81. The Balaban J connectivity index is 1.91. The van der Waals surface area contributed by atoms with Crippen LogP contribution in [0.2, 0.25) is 5.02 Å². The summed E-state index contributed by atoms with van der Waals surface area (Å²) in [6.45, 7) is 7.15. The van der Waals surface area contributed by atoms with Gasteiger partial charge >= 0.3 is 0 Å². The first-order chi connectivity index (χ1) is 9.42.